The fourth-order valence-corrected chi connectivity index (χ4v) is 0.548. The molecule has 0 aromatic heterocycles. The molecule has 0 fully saturated rings. The lowest BCUT2D eigenvalue weighted by Gasteiger charge is -1.87. The van der Waals surface area contributed by atoms with Gasteiger partial charge in [0, 0.05) is 12.5 Å². The summed E-state index contributed by atoms with van der Waals surface area (Å²) in [5.74, 6) is 0.590. The summed E-state index contributed by atoms with van der Waals surface area (Å²) in [5, 5.41) is 0. The Morgan fingerprint density at radius 3 is 2.29 bits per heavy atom. The molecule has 7 heavy (non-hydrogen) atoms. The van der Waals surface area contributed by atoms with Crippen LogP contribution >= 0.6 is 11.9 Å². The zero-order chi connectivity index (χ0) is 5.70. The van der Waals surface area contributed by atoms with Crippen molar-refractivity contribution in [3.05, 3.63) is 0 Å². The molecule has 0 aromatic carbocycles. The molecule has 0 aliphatic carbocycles. The molecule has 0 spiro atoms. The number of nitrogens with zero attached hydrogens (tertiary/aromatic N) is 1. The minimum absolute atomic E-state index is 0.590. The van der Waals surface area contributed by atoms with E-state index in [0.29, 0.717) is 5.92 Å². The molecule has 0 aliphatic heterocycles. The molecular weight excluding hydrogens is 106 g/mol. The maximum atomic E-state index is 3.96. The molecule has 0 N–H and O–H groups in total. The van der Waals surface area contributed by atoms with Crippen molar-refractivity contribution in [1.29, 1.82) is 0 Å². The van der Waals surface area contributed by atoms with Crippen molar-refractivity contribution in [2.24, 2.45) is 10.3 Å². The van der Waals surface area contributed by atoms with E-state index < -0.39 is 0 Å². The summed E-state index contributed by atoms with van der Waals surface area (Å²) in [6, 6.07) is 0. The zero-order valence-corrected chi connectivity index (χ0v) is 5.83. The van der Waals surface area contributed by atoms with Crippen molar-refractivity contribution in [2.75, 3.05) is 6.26 Å². The Balaban J connectivity index is 3.08. The largest absolute Gasteiger partial charge is 0.229 e. The van der Waals surface area contributed by atoms with Gasteiger partial charge in [0.25, 0.3) is 0 Å². The molecule has 0 aliphatic rings. The van der Waals surface area contributed by atoms with Crippen LogP contribution in [0.5, 0.6) is 0 Å². The molecule has 0 radical (unpaired) electrons. The van der Waals surface area contributed by atoms with Crippen LogP contribution in [0.25, 0.3) is 0 Å². The standard InChI is InChI=1S/C5H11NS/c1-5(2)4-6-7-3/h4-5H,1-3H3. The Morgan fingerprint density at radius 2 is 2.14 bits per heavy atom. The maximum Gasteiger partial charge on any atom is 0.0151 e. The Bertz CT molecular complexity index is 59.1. The molecule has 0 amide bonds. The number of hydrogen-bond acceptors (Lipinski definition) is 2. The van der Waals surface area contributed by atoms with Crippen molar-refractivity contribution in [2.45, 2.75) is 13.8 Å². The summed E-state index contributed by atoms with van der Waals surface area (Å²) in [6.45, 7) is 4.22. The quantitative estimate of drug-likeness (QED) is 0.398. The molecule has 0 bridgehead atoms. The molecule has 0 saturated carbocycles. The molecule has 0 unspecified atom stereocenters. The predicted molar refractivity (Wildman–Crippen MR) is 36.8 cm³/mol. The van der Waals surface area contributed by atoms with Gasteiger partial charge in [0.1, 0.15) is 0 Å². The smallest absolute Gasteiger partial charge is 0.0151 e. The molecule has 0 saturated heterocycles. The van der Waals surface area contributed by atoms with Gasteiger partial charge in [0.05, 0.1) is 0 Å². The highest BCUT2D eigenvalue weighted by Gasteiger charge is 1.80. The monoisotopic (exact) mass is 117 g/mol. The summed E-state index contributed by atoms with van der Waals surface area (Å²) in [5.41, 5.74) is 0. The van der Waals surface area contributed by atoms with E-state index in [4.69, 9.17) is 0 Å². The van der Waals surface area contributed by atoms with Gasteiger partial charge in [-0.25, -0.2) is 4.40 Å². The second kappa shape index (κ2) is 4.19. The van der Waals surface area contributed by atoms with Crippen LogP contribution in [-0.2, 0) is 0 Å². The van der Waals surface area contributed by atoms with Crippen LogP contribution in [0.15, 0.2) is 4.40 Å². The highest BCUT2D eigenvalue weighted by Crippen LogP contribution is 1.93. The van der Waals surface area contributed by atoms with Gasteiger partial charge in [0.15, 0.2) is 0 Å². The first kappa shape index (κ1) is 7.02. The summed E-state index contributed by atoms with van der Waals surface area (Å²) in [4.78, 5) is 0. The Kier molecular flexibility index (Phi) is 4.20. The van der Waals surface area contributed by atoms with Gasteiger partial charge in [-0.05, 0) is 17.9 Å². The number of rotatable bonds is 2. The maximum absolute atomic E-state index is 3.96. The Labute approximate surface area is 49.4 Å². The van der Waals surface area contributed by atoms with Crippen molar-refractivity contribution >= 4 is 18.2 Å². The first-order valence-electron chi connectivity index (χ1n) is 2.34. The Hall–Kier alpha value is 0.0200. The minimum Gasteiger partial charge on any atom is -0.229 e. The number of hydrogen-bond donors (Lipinski definition) is 0. The van der Waals surface area contributed by atoms with E-state index in [1.807, 2.05) is 12.5 Å². The zero-order valence-electron chi connectivity index (χ0n) is 5.01. The Morgan fingerprint density at radius 1 is 1.57 bits per heavy atom. The molecule has 1 nitrogen and oxygen atoms in total. The van der Waals surface area contributed by atoms with Gasteiger partial charge in [0.2, 0.25) is 0 Å². The molecule has 0 heterocycles. The van der Waals surface area contributed by atoms with Gasteiger partial charge in [-0.3, -0.25) is 0 Å². The third kappa shape index (κ3) is 6.02. The molecular formula is C5H11NS. The van der Waals surface area contributed by atoms with Crippen LogP contribution in [0.1, 0.15) is 13.8 Å². The summed E-state index contributed by atoms with van der Waals surface area (Å²) in [7, 11) is 0. The second-order valence-electron chi connectivity index (χ2n) is 1.68. The lowest BCUT2D eigenvalue weighted by molar-refractivity contribution is 0.910. The fourth-order valence-electron chi connectivity index (χ4n) is 0.183. The summed E-state index contributed by atoms with van der Waals surface area (Å²) < 4.78 is 3.96. The highest BCUT2D eigenvalue weighted by molar-refractivity contribution is 7.97. The van der Waals surface area contributed by atoms with Crippen molar-refractivity contribution < 1.29 is 0 Å². The van der Waals surface area contributed by atoms with Gasteiger partial charge >= 0.3 is 0 Å². The minimum atomic E-state index is 0.590. The van der Waals surface area contributed by atoms with Crippen LogP contribution in [-0.4, -0.2) is 12.5 Å². The lowest BCUT2D eigenvalue weighted by Crippen LogP contribution is -1.83. The van der Waals surface area contributed by atoms with Crippen LogP contribution in [0.2, 0.25) is 0 Å². The van der Waals surface area contributed by atoms with Crippen LogP contribution in [0, 0.1) is 5.92 Å². The van der Waals surface area contributed by atoms with Crippen molar-refractivity contribution in [3.63, 3.8) is 0 Å². The summed E-state index contributed by atoms with van der Waals surface area (Å²) >= 11 is 1.50. The third-order valence-electron chi connectivity index (χ3n) is 0.464. The SMILES string of the molecule is CSN=CC(C)C. The van der Waals surface area contributed by atoms with E-state index in [-0.39, 0.29) is 0 Å². The fraction of sp³-hybridized carbons (Fsp3) is 0.800. The van der Waals surface area contributed by atoms with E-state index in [1.54, 1.807) is 0 Å². The van der Waals surface area contributed by atoms with Crippen LogP contribution < -0.4 is 0 Å². The van der Waals surface area contributed by atoms with E-state index in [9.17, 15) is 0 Å². The lowest BCUT2D eigenvalue weighted by atomic mass is 10.3. The highest BCUT2D eigenvalue weighted by atomic mass is 32.2. The van der Waals surface area contributed by atoms with Gasteiger partial charge < -0.3 is 0 Å². The van der Waals surface area contributed by atoms with Crippen molar-refractivity contribution in [1.82, 2.24) is 0 Å². The molecule has 0 aromatic rings. The third-order valence-corrected chi connectivity index (χ3v) is 0.797. The first-order chi connectivity index (χ1) is 3.27. The van der Waals surface area contributed by atoms with Gasteiger partial charge in [-0.2, -0.15) is 0 Å². The first-order valence-corrected chi connectivity index (χ1v) is 3.52. The van der Waals surface area contributed by atoms with Gasteiger partial charge in [-0.1, -0.05) is 13.8 Å². The molecule has 2 heteroatoms. The average molecular weight is 117 g/mol. The molecule has 42 valence electrons. The van der Waals surface area contributed by atoms with Gasteiger partial charge in [-0.15, -0.1) is 0 Å². The van der Waals surface area contributed by atoms with Crippen LogP contribution in [0.3, 0.4) is 0 Å². The topological polar surface area (TPSA) is 12.4 Å². The normalized spacial score (nSPS) is 11.4. The molecule has 0 atom stereocenters. The summed E-state index contributed by atoms with van der Waals surface area (Å²) in [6.07, 6.45) is 3.89. The van der Waals surface area contributed by atoms with E-state index in [0.717, 1.165) is 0 Å². The average Bonchev–Trinajstić information content (AvgIpc) is 1.61. The van der Waals surface area contributed by atoms with E-state index >= 15 is 0 Å². The van der Waals surface area contributed by atoms with E-state index in [1.165, 1.54) is 11.9 Å². The van der Waals surface area contributed by atoms with Crippen LogP contribution in [0.4, 0.5) is 0 Å². The predicted octanol–water partition coefficient (Wildman–Crippen LogP) is 1.99. The van der Waals surface area contributed by atoms with Crippen molar-refractivity contribution in [3.8, 4) is 0 Å². The second-order valence-corrected chi connectivity index (χ2v) is 2.26. The van der Waals surface area contributed by atoms with E-state index in [2.05, 4.69) is 18.2 Å². The molecule has 0 rings (SSSR count).